The maximum absolute atomic E-state index is 17.4. The van der Waals surface area contributed by atoms with Crippen LogP contribution in [0.4, 0.5) is 8.78 Å². The van der Waals surface area contributed by atoms with Gasteiger partial charge in [0.25, 0.3) is 0 Å². The average molecular weight is 529 g/mol. The molecule has 1 saturated heterocycles. The van der Waals surface area contributed by atoms with Gasteiger partial charge in [-0.25, -0.2) is 8.78 Å². The summed E-state index contributed by atoms with van der Waals surface area (Å²) in [7, 11) is 0. The zero-order chi connectivity index (χ0) is 27.3. The molecule has 204 valence electrons. The highest BCUT2D eigenvalue weighted by Crippen LogP contribution is 2.72. The van der Waals surface area contributed by atoms with Gasteiger partial charge in [-0.05, 0) is 55.4 Å². The van der Waals surface area contributed by atoms with Crippen molar-refractivity contribution in [3.05, 3.63) is 59.7 Å². The molecule has 1 heterocycles. The smallest absolute Gasteiger partial charge is 0.193 e. The highest BCUT2D eigenvalue weighted by atomic mass is 19.1. The number of aliphatic hydroxyl groups is 2. The minimum Gasteiger partial charge on any atom is -0.390 e. The monoisotopic (exact) mass is 528 g/mol. The van der Waals surface area contributed by atoms with Crippen LogP contribution in [0.25, 0.3) is 0 Å². The molecule has 5 aliphatic rings. The van der Waals surface area contributed by atoms with Crippen molar-refractivity contribution >= 4 is 11.6 Å². The second-order valence-electron chi connectivity index (χ2n) is 12.2. The molecule has 0 radical (unpaired) electrons. The average Bonchev–Trinajstić information content (AvgIpc) is 3.40. The fourth-order valence-electron chi connectivity index (χ4n) is 8.73. The number of ether oxygens (including phenoxy) is 2. The van der Waals surface area contributed by atoms with Gasteiger partial charge >= 0.3 is 0 Å². The molecule has 6 rings (SSSR count). The van der Waals surface area contributed by atoms with Gasteiger partial charge < -0.3 is 19.7 Å². The Labute approximate surface area is 220 Å². The summed E-state index contributed by atoms with van der Waals surface area (Å²) in [5.41, 5.74) is -5.49. The lowest BCUT2D eigenvalue weighted by Gasteiger charge is -2.63. The number of hydrogen-bond donors (Lipinski definition) is 2. The minimum atomic E-state index is -2.26. The summed E-state index contributed by atoms with van der Waals surface area (Å²) in [5, 5.41) is 21.6. The number of aliphatic hydroxyl groups excluding tert-OH is 2. The third kappa shape index (κ3) is 3.00. The van der Waals surface area contributed by atoms with Crippen molar-refractivity contribution < 1.29 is 38.1 Å². The van der Waals surface area contributed by atoms with E-state index in [1.54, 1.807) is 13.8 Å². The number of carbonyl (C=O) groups excluding carboxylic acids is 2. The van der Waals surface area contributed by atoms with Crippen LogP contribution >= 0.6 is 0 Å². The molecule has 0 bridgehead atoms. The largest absolute Gasteiger partial charge is 0.390 e. The van der Waals surface area contributed by atoms with E-state index >= 15 is 8.78 Å². The Hall–Kier alpha value is -2.26. The van der Waals surface area contributed by atoms with Crippen LogP contribution in [0.15, 0.2) is 54.1 Å². The Kier molecular flexibility index (Phi) is 5.72. The van der Waals surface area contributed by atoms with E-state index in [-0.39, 0.29) is 30.8 Å². The lowest BCUT2D eigenvalue weighted by Crippen LogP contribution is -2.71. The van der Waals surface area contributed by atoms with Crippen LogP contribution < -0.4 is 0 Å². The van der Waals surface area contributed by atoms with E-state index in [0.29, 0.717) is 0 Å². The molecule has 3 saturated carbocycles. The predicted octanol–water partition coefficient (Wildman–Crippen LogP) is 3.76. The van der Waals surface area contributed by atoms with Gasteiger partial charge in [0.2, 0.25) is 0 Å². The molecule has 0 amide bonds. The maximum Gasteiger partial charge on any atom is 0.193 e. The third-order valence-corrected chi connectivity index (χ3v) is 10.7. The number of fused-ring (bicyclic) bond motifs is 7. The van der Waals surface area contributed by atoms with Gasteiger partial charge in [-0.2, -0.15) is 0 Å². The Morgan fingerprint density at radius 1 is 1.18 bits per heavy atom. The fraction of sp³-hybridized carbons (Fsp3) is 0.600. The summed E-state index contributed by atoms with van der Waals surface area (Å²) < 4.78 is 46.0. The van der Waals surface area contributed by atoms with Gasteiger partial charge in [-0.1, -0.05) is 50.3 Å². The molecule has 4 fully saturated rings. The number of alkyl halides is 2. The molecule has 2 N–H and O–H groups in total. The molecule has 6 nitrogen and oxygen atoms in total. The zero-order valence-electron chi connectivity index (χ0n) is 21.8. The van der Waals surface area contributed by atoms with E-state index in [0.717, 1.165) is 11.6 Å². The highest BCUT2D eigenvalue weighted by Gasteiger charge is 2.80. The van der Waals surface area contributed by atoms with Crippen LogP contribution in [0.1, 0.15) is 51.5 Å². The first-order valence-electron chi connectivity index (χ1n) is 13.4. The molecular formula is C30H34F2O6. The van der Waals surface area contributed by atoms with Crippen LogP contribution in [-0.4, -0.2) is 64.3 Å². The van der Waals surface area contributed by atoms with Crippen molar-refractivity contribution in [3.63, 3.8) is 0 Å². The Balaban J connectivity index is 1.42. The first-order chi connectivity index (χ1) is 17.9. The van der Waals surface area contributed by atoms with Crippen LogP contribution in [0.2, 0.25) is 0 Å². The van der Waals surface area contributed by atoms with Crippen LogP contribution in [0, 0.1) is 22.7 Å². The molecule has 0 aromatic heterocycles. The molecule has 4 aliphatic carbocycles. The van der Waals surface area contributed by atoms with Crippen molar-refractivity contribution in [2.75, 3.05) is 6.61 Å². The zero-order valence-corrected chi connectivity index (χ0v) is 21.8. The number of halogens is 2. The van der Waals surface area contributed by atoms with E-state index in [4.69, 9.17) is 9.47 Å². The summed E-state index contributed by atoms with van der Waals surface area (Å²) in [5.74, 6) is -2.73. The van der Waals surface area contributed by atoms with E-state index in [1.165, 1.54) is 12.2 Å². The van der Waals surface area contributed by atoms with E-state index in [9.17, 15) is 19.8 Å². The van der Waals surface area contributed by atoms with Crippen molar-refractivity contribution in [1.29, 1.82) is 0 Å². The molecule has 11 atom stereocenters. The first-order valence-corrected chi connectivity index (χ1v) is 13.4. The molecule has 1 aromatic carbocycles. The number of allylic oxidation sites excluding steroid dienone is 4. The second-order valence-corrected chi connectivity index (χ2v) is 12.2. The highest BCUT2D eigenvalue weighted by molar-refractivity contribution is 6.01. The summed E-state index contributed by atoms with van der Waals surface area (Å²) in [4.78, 5) is 25.6. The van der Waals surface area contributed by atoms with E-state index in [1.807, 2.05) is 37.3 Å². The van der Waals surface area contributed by atoms with E-state index < -0.39 is 76.8 Å². The van der Waals surface area contributed by atoms with Crippen molar-refractivity contribution in [3.8, 4) is 0 Å². The van der Waals surface area contributed by atoms with Gasteiger partial charge in [-0.3, -0.25) is 9.59 Å². The first kappa shape index (κ1) is 26.0. The quantitative estimate of drug-likeness (QED) is 0.618. The molecule has 38 heavy (non-hydrogen) atoms. The molecular weight excluding hydrogens is 494 g/mol. The van der Waals surface area contributed by atoms with Crippen molar-refractivity contribution in [2.45, 2.75) is 81.9 Å². The number of rotatable bonds is 4. The number of benzene rings is 1. The van der Waals surface area contributed by atoms with Crippen molar-refractivity contribution in [2.24, 2.45) is 22.7 Å². The number of ketones is 2. The standard InChI is InChI=1S/C30H34F2O6/c1-16(17-7-5-4-6-8-17)26-37-25-13-19-20-12-22(31)21-11-18(34)9-10-27(21,2)29(20,32)23(35)14-28(19,3)30(25,38-26)24(36)15-33/h4-11,16,19-20,22-23,25-26,33,35H,12-15H2,1-3H3/t16-,19-,20-,22-,23-,25+,26+,27-,28-,29?,30+/m0/s1. The third-order valence-electron chi connectivity index (χ3n) is 10.7. The van der Waals surface area contributed by atoms with Gasteiger partial charge in [0, 0.05) is 22.7 Å². The Morgan fingerprint density at radius 2 is 1.89 bits per heavy atom. The Morgan fingerprint density at radius 3 is 2.58 bits per heavy atom. The van der Waals surface area contributed by atoms with Crippen LogP contribution in [0.3, 0.4) is 0 Å². The number of hydrogen-bond acceptors (Lipinski definition) is 6. The second kappa shape index (κ2) is 8.37. The normalized spacial score (nSPS) is 48.0. The number of Topliss-reactive ketones (excluding diaryl/α,β-unsaturated/α-hetero) is 1. The van der Waals surface area contributed by atoms with Crippen LogP contribution in [-0.2, 0) is 19.1 Å². The van der Waals surface area contributed by atoms with E-state index in [2.05, 4.69) is 0 Å². The van der Waals surface area contributed by atoms with Crippen molar-refractivity contribution in [1.82, 2.24) is 0 Å². The number of carbonyl (C=O) groups is 2. The van der Waals surface area contributed by atoms with Gasteiger partial charge in [0.15, 0.2) is 29.1 Å². The molecule has 1 aliphatic heterocycles. The SMILES string of the molecule is C[C@@H](c1ccccc1)[C@@H]1O[C@@H]2C[C@H]3[C@@H]4C[C@H](F)C5=CC(=O)C=C[C@]5(C)C4(F)[C@@H](O)C[C@]3(C)[C@]2(C(=O)CO)O1. The summed E-state index contributed by atoms with van der Waals surface area (Å²) in [6, 6.07) is 9.58. The molecule has 8 heteroatoms. The Bertz CT molecular complexity index is 1230. The maximum atomic E-state index is 17.4. The lowest BCUT2D eigenvalue weighted by molar-refractivity contribution is -0.235. The summed E-state index contributed by atoms with van der Waals surface area (Å²) in [6.45, 7) is 4.47. The van der Waals surface area contributed by atoms with Gasteiger partial charge in [-0.15, -0.1) is 0 Å². The predicted molar refractivity (Wildman–Crippen MR) is 133 cm³/mol. The lowest BCUT2D eigenvalue weighted by atomic mass is 9.44. The molecule has 1 unspecified atom stereocenters. The fourth-order valence-corrected chi connectivity index (χ4v) is 8.73. The van der Waals surface area contributed by atoms with Gasteiger partial charge in [0.05, 0.1) is 12.2 Å². The summed E-state index contributed by atoms with van der Waals surface area (Å²) in [6.07, 6.45) is -1.05. The molecule has 1 aromatic rings. The summed E-state index contributed by atoms with van der Waals surface area (Å²) >= 11 is 0. The molecule has 0 spiro atoms. The topological polar surface area (TPSA) is 93.1 Å². The minimum absolute atomic E-state index is 0.0509. The van der Waals surface area contributed by atoms with Crippen LogP contribution in [0.5, 0.6) is 0 Å². The van der Waals surface area contributed by atoms with Gasteiger partial charge in [0.1, 0.15) is 12.8 Å².